The van der Waals surface area contributed by atoms with Crippen molar-refractivity contribution in [2.45, 2.75) is 0 Å². The highest BCUT2D eigenvalue weighted by molar-refractivity contribution is 5.96. The fraction of sp³-hybridized carbons (Fsp3) is 0.0800. The highest BCUT2D eigenvalue weighted by Crippen LogP contribution is 2.32. The van der Waals surface area contributed by atoms with Crippen molar-refractivity contribution in [3.63, 3.8) is 0 Å². The van der Waals surface area contributed by atoms with Gasteiger partial charge < -0.3 is 9.88 Å². The first-order chi connectivity index (χ1) is 16.6. The number of hydrogen-bond acceptors (Lipinski definition) is 6. The summed E-state index contributed by atoms with van der Waals surface area (Å²) in [4.78, 5) is 23.5. The summed E-state index contributed by atoms with van der Waals surface area (Å²) in [5, 5.41) is 8.24. The molecular formula is C25H19FN8. The number of halogens is 1. The molecule has 0 aliphatic carbocycles. The van der Waals surface area contributed by atoms with Crippen molar-refractivity contribution >= 4 is 27.8 Å². The summed E-state index contributed by atoms with van der Waals surface area (Å²) in [6, 6.07) is 12.3. The van der Waals surface area contributed by atoms with Crippen molar-refractivity contribution in [2.75, 3.05) is 19.0 Å². The molecule has 0 aliphatic rings. The van der Waals surface area contributed by atoms with Gasteiger partial charge in [0.05, 0.1) is 28.5 Å². The van der Waals surface area contributed by atoms with Gasteiger partial charge in [0.2, 0.25) is 0 Å². The van der Waals surface area contributed by atoms with Gasteiger partial charge in [-0.15, -0.1) is 0 Å². The lowest BCUT2D eigenvalue weighted by atomic mass is 10.1. The van der Waals surface area contributed by atoms with Crippen molar-refractivity contribution in [1.82, 2.24) is 35.1 Å². The Morgan fingerprint density at radius 2 is 1.79 bits per heavy atom. The number of rotatable bonds is 4. The fourth-order valence-corrected chi connectivity index (χ4v) is 3.97. The Morgan fingerprint density at radius 3 is 2.65 bits per heavy atom. The Hall–Kier alpha value is -4.66. The van der Waals surface area contributed by atoms with Crippen LogP contribution in [0.15, 0.2) is 67.3 Å². The molecular weight excluding hydrogens is 431 g/mol. The summed E-state index contributed by atoms with van der Waals surface area (Å²) < 4.78 is 13.8. The molecule has 0 atom stereocenters. The number of fused-ring (bicyclic) bond motifs is 2. The van der Waals surface area contributed by atoms with E-state index in [-0.39, 0.29) is 5.82 Å². The molecule has 6 aromatic rings. The Balaban J connectivity index is 1.48. The second-order valence-electron chi connectivity index (χ2n) is 8.17. The maximum Gasteiger partial charge on any atom is 0.181 e. The molecule has 0 fully saturated rings. The molecule has 5 heterocycles. The van der Waals surface area contributed by atoms with Crippen LogP contribution in [0.5, 0.6) is 0 Å². The van der Waals surface area contributed by atoms with Crippen LogP contribution in [0.2, 0.25) is 0 Å². The second kappa shape index (κ2) is 7.73. The first kappa shape index (κ1) is 20.0. The van der Waals surface area contributed by atoms with Gasteiger partial charge in [-0.2, -0.15) is 5.10 Å². The predicted octanol–water partition coefficient (Wildman–Crippen LogP) is 4.83. The monoisotopic (exact) mass is 450 g/mol. The highest BCUT2D eigenvalue weighted by Gasteiger charge is 2.17. The average molecular weight is 450 g/mol. The summed E-state index contributed by atoms with van der Waals surface area (Å²) in [6.45, 7) is 0. The molecule has 0 saturated carbocycles. The van der Waals surface area contributed by atoms with E-state index in [1.54, 1.807) is 18.5 Å². The van der Waals surface area contributed by atoms with E-state index in [0.29, 0.717) is 33.9 Å². The molecule has 0 bridgehead atoms. The summed E-state index contributed by atoms with van der Waals surface area (Å²) in [6.07, 6.45) is 7.10. The first-order valence-corrected chi connectivity index (χ1v) is 10.6. The zero-order valence-electron chi connectivity index (χ0n) is 18.4. The molecule has 2 N–H and O–H groups in total. The summed E-state index contributed by atoms with van der Waals surface area (Å²) in [7, 11) is 3.95. The van der Waals surface area contributed by atoms with Crippen LogP contribution >= 0.6 is 0 Å². The van der Waals surface area contributed by atoms with Crippen LogP contribution in [0.1, 0.15) is 0 Å². The van der Waals surface area contributed by atoms with Crippen molar-refractivity contribution in [3.05, 3.63) is 73.1 Å². The minimum absolute atomic E-state index is 0.321. The minimum atomic E-state index is -0.321. The summed E-state index contributed by atoms with van der Waals surface area (Å²) >= 11 is 0. The van der Waals surface area contributed by atoms with Crippen LogP contribution in [-0.2, 0) is 0 Å². The molecule has 1 aromatic carbocycles. The number of anilines is 1. The number of hydrogen-bond donors (Lipinski definition) is 2. The van der Waals surface area contributed by atoms with Crippen LogP contribution in [0.3, 0.4) is 0 Å². The number of H-pyrrole nitrogens is 2. The fourth-order valence-electron chi connectivity index (χ4n) is 3.97. The summed E-state index contributed by atoms with van der Waals surface area (Å²) in [5.41, 5.74) is 6.88. The van der Waals surface area contributed by atoms with E-state index in [2.05, 4.69) is 36.2 Å². The number of aromatic amines is 2. The highest BCUT2D eigenvalue weighted by atomic mass is 19.1. The third-order valence-corrected chi connectivity index (χ3v) is 5.72. The topological polar surface area (TPSA) is 99.3 Å². The van der Waals surface area contributed by atoms with Crippen molar-refractivity contribution in [2.24, 2.45) is 0 Å². The number of pyridine rings is 3. The Bertz CT molecular complexity index is 1670. The van der Waals surface area contributed by atoms with Gasteiger partial charge >= 0.3 is 0 Å². The van der Waals surface area contributed by atoms with Gasteiger partial charge in [0.15, 0.2) is 11.5 Å². The zero-order valence-corrected chi connectivity index (χ0v) is 18.4. The van der Waals surface area contributed by atoms with E-state index in [1.807, 2.05) is 49.6 Å². The molecule has 34 heavy (non-hydrogen) atoms. The number of nitrogens with one attached hydrogen (secondary N) is 2. The van der Waals surface area contributed by atoms with Crippen LogP contribution < -0.4 is 4.90 Å². The zero-order chi connectivity index (χ0) is 23.2. The summed E-state index contributed by atoms with van der Waals surface area (Å²) in [5.74, 6) is 0.278. The van der Waals surface area contributed by atoms with E-state index >= 15 is 0 Å². The smallest absolute Gasteiger partial charge is 0.181 e. The molecule has 0 spiro atoms. The number of nitrogens with zero attached hydrogens (tertiary/aromatic N) is 6. The van der Waals surface area contributed by atoms with Crippen molar-refractivity contribution in [1.29, 1.82) is 0 Å². The lowest BCUT2D eigenvalue weighted by Crippen LogP contribution is -2.08. The lowest BCUT2D eigenvalue weighted by molar-refractivity contribution is 0.628. The maximum atomic E-state index is 13.8. The van der Waals surface area contributed by atoms with E-state index in [9.17, 15) is 4.39 Å². The third-order valence-electron chi connectivity index (χ3n) is 5.72. The molecule has 8 nitrogen and oxygen atoms in total. The molecule has 0 unspecified atom stereocenters. The molecule has 166 valence electrons. The Kier molecular flexibility index (Phi) is 4.54. The molecule has 0 radical (unpaired) electrons. The van der Waals surface area contributed by atoms with Crippen molar-refractivity contribution in [3.8, 4) is 33.9 Å². The van der Waals surface area contributed by atoms with Crippen LogP contribution in [0.25, 0.3) is 56.0 Å². The lowest BCUT2D eigenvalue weighted by Gasteiger charge is -2.12. The molecule has 9 heteroatoms. The number of imidazole rings is 1. The van der Waals surface area contributed by atoms with Crippen LogP contribution in [0, 0.1) is 5.82 Å². The molecule has 0 saturated heterocycles. The van der Waals surface area contributed by atoms with Gasteiger partial charge in [-0.3, -0.25) is 15.1 Å². The third kappa shape index (κ3) is 3.34. The standard InChI is InChI=1S/C25H19FN8/c1-34(2)18-9-15(11-27-13-18)16-10-19-22(32-33-24(19)29-12-16)25-30-20-6-7-28-21(23(20)31-25)14-4-3-5-17(26)8-14/h3-13H,1-2H3,(H,30,31)(H,29,32,33). The van der Waals surface area contributed by atoms with Gasteiger partial charge in [0, 0.05) is 49.4 Å². The Labute approximate surface area is 193 Å². The van der Waals surface area contributed by atoms with Crippen LogP contribution in [0.4, 0.5) is 10.1 Å². The van der Waals surface area contributed by atoms with Gasteiger partial charge in [-0.25, -0.2) is 14.4 Å². The van der Waals surface area contributed by atoms with E-state index in [0.717, 1.165) is 27.7 Å². The molecule has 6 rings (SSSR count). The average Bonchev–Trinajstić information content (AvgIpc) is 3.47. The quantitative estimate of drug-likeness (QED) is 0.399. The van der Waals surface area contributed by atoms with Crippen LogP contribution in [-0.4, -0.2) is 49.2 Å². The van der Waals surface area contributed by atoms with E-state index in [1.165, 1.54) is 12.1 Å². The normalized spacial score (nSPS) is 11.4. The van der Waals surface area contributed by atoms with Gasteiger partial charge in [-0.1, -0.05) is 12.1 Å². The molecule has 5 aromatic heterocycles. The van der Waals surface area contributed by atoms with Gasteiger partial charge in [-0.05, 0) is 30.3 Å². The first-order valence-electron chi connectivity index (χ1n) is 10.6. The predicted molar refractivity (Wildman–Crippen MR) is 130 cm³/mol. The number of benzene rings is 1. The van der Waals surface area contributed by atoms with E-state index < -0.39 is 0 Å². The molecule has 0 amide bonds. The number of aromatic nitrogens is 7. The maximum absolute atomic E-state index is 13.8. The van der Waals surface area contributed by atoms with E-state index in [4.69, 9.17) is 4.98 Å². The van der Waals surface area contributed by atoms with Gasteiger partial charge in [0.1, 0.15) is 17.0 Å². The second-order valence-corrected chi connectivity index (χ2v) is 8.17. The largest absolute Gasteiger partial charge is 0.376 e. The Morgan fingerprint density at radius 1 is 0.912 bits per heavy atom. The molecule has 0 aliphatic heterocycles. The van der Waals surface area contributed by atoms with Gasteiger partial charge in [0.25, 0.3) is 0 Å². The minimum Gasteiger partial charge on any atom is -0.376 e. The SMILES string of the molecule is CN(C)c1cncc(-c2cnc3n[nH]c(-c4nc5c(-c6cccc(F)c6)nccc5[nH]4)c3c2)c1. The van der Waals surface area contributed by atoms with Crippen molar-refractivity contribution < 1.29 is 4.39 Å².